The standard InChI is InChI=1S/C25H25N7/c1-2-5-16(4-1)11-26-12-17-8-19(14-27-13-17)20-9-21-23(31-32-25(21)29-15-20)22-10-18-6-3-7-28-24(18)30-22/h3,6-10,13-16,26H,1-2,4-5,11-12H2,(H,28,30)(H,29,31,32). The van der Waals surface area contributed by atoms with Gasteiger partial charge in [-0.05, 0) is 61.2 Å². The van der Waals surface area contributed by atoms with Crippen molar-refractivity contribution in [1.82, 2.24) is 35.5 Å². The molecule has 0 atom stereocenters. The summed E-state index contributed by atoms with van der Waals surface area (Å²) in [5, 5.41) is 13.2. The van der Waals surface area contributed by atoms with Crippen molar-refractivity contribution < 1.29 is 0 Å². The number of nitrogens with zero attached hydrogens (tertiary/aromatic N) is 4. The maximum atomic E-state index is 4.59. The third-order valence-electron chi connectivity index (χ3n) is 6.44. The number of aromatic nitrogens is 6. The van der Waals surface area contributed by atoms with Crippen LogP contribution < -0.4 is 5.32 Å². The van der Waals surface area contributed by atoms with Gasteiger partial charge in [0.25, 0.3) is 0 Å². The van der Waals surface area contributed by atoms with Crippen LogP contribution in [0.2, 0.25) is 0 Å². The fraction of sp³-hybridized carbons (Fsp3) is 0.280. The zero-order chi connectivity index (χ0) is 21.3. The lowest BCUT2D eigenvalue weighted by molar-refractivity contribution is 0.489. The molecule has 5 aromatic heterocycles. The van der Waals surface area contributed by atoms with E-state index in [1.807, 2.05) is 30.7 Å². The summed E-state index contributed by atoms with van der Waals surface area (Å²) in [5.74, 6) is 0.831. The topological polar surface area (TPSA) is 95.2 Å². The zero-order valence-corrected chi connectivity index (χ0v) is 17.8. The van der Waals surface area contributed by atoms with Gasteiger partial charge in [-0.3, -0.25) is 10.1 Å². The Bertz CT molecular complexity index is 1340. The zero-order valence-electron chi connectivity index (χ0n) is 17.8. The molecule has 6 rings (SSSR count). The molecular weight excluding hydrogens is 398 g/mol. The summed E-state index contributed by atoms with van der Waals surface area (Å²) < 4.78 is 0. The Balaban J connectivity index is 1.28. The first-order chi connectivity index (χ1) is 15.8. The molecule has 1 saturated carbocycles. The van der Waals surface area contributed by atoms with Crippen molar-refractivity contribution in [2.24, 2.45) is 5.92 Å². The lowest BCUT2D eigenvalue weighted by Gasteiger charge is -2.11. The SMILES string of the molecule is c1cnc2[nH]c(-c3[nH]nc4ncc(-c5cncc(CNCC6CCCC6)c5)cc34)cc2c1. The van der Waals surface area contributed by atoms with Crippen LogP contribution in [0.1, 0.15) is 31.2 Å². The molecule has 7 nitrogen and oxygen atoms in total. The van der Waals surface area contributed by atoms with Gasteiger partial charge >= 0.3 is 0 Å². The molecule has 5 aromatic rings. The highest BCUT2D eigenvalue weighted by atomic mass is 15.2. The number of pyridine rings is 3. The first-order valence-electron chi connectivity index (χ1n) is 11.3. The Morgan fingerprint density at radius 3 is 2.81 bits per heavy atom. The third-order valence-corrected chi connectivity index (χ3v) is 6.44. The molecular formula is C25H25N7. The second kappa shape index (κ2) is 8.16. The van der Waals surface area contributed by atoms with Crippen LogP contribution in [0.25, 0.3) is 44.6 Å². The molecule has 1 fully saturated rings. The quantitative estimate of drug-likeness (QED) is 0.363. The summed E-state index contributed by atoms with van der Waals surface area (Å²) >= 11 is 0. The van der Waals surface area contributed by atoms with Crippen LogP contribution in [0.3, 0.4) is 0 Å². The van der Waals surface area contributed by atoms with E-state index < -0.39 is 0 Å². The molecule has 1 aliphatic carbocycles. The van der Waals surface area contributed by atoms with E-state index in [1.54, 1.807) is 6.20 Å². The molecule has 5 heterocycles. The van der Waals surface area contributed by atoms with Gasteiger partial charge in [0.05, 0.1) is 11.4 Å². The number of rotatable bonds is 6. The molecule has 160 valence electrons. The number of hydrogen-bond donors (Lipinski definition) is 3. The molecule has 3 N–H and O–H groups in total. The van der Waals surface area contributed by atoms with E-state index in [-0.39, 0.29) is 0 Å². The van der Waals surface area contributed by atoms with Gasteiger partial charge in [0.2, 0.25) is 0 Å². The molecule has 0 amide bonds. The van der Waals surface area contributed by atoms with E-state index in [4.69, 9.17) is 0 Å². The van der Waals surface area contributed by atoms with Gasteiger partial charge in [-0.1, -0.05) is 12.8 Å². The molecule has 0 spiro atoms. The highest BCUT2D eigenvalue weighted by Gasteiger charge is 2.15. The number of hydrogen-bond acceptors (Lipinski definition) is 5. The van der Waals surface area contributed by atoms with Crippen LogP contribution >= 0.6 is 0 Å². The van der Waals surface area contributed by atoms with Gasteiger partial charge in [0.15, 0.2) is 5.65 Å². The van der Waals surface area contributed by atoms with E-state index in [1.165, 1.54) is 31.2 Å². The van der Waals surface area contributed by atoms with Gasteiger partial charge in [-0.25, -0.2) is 9.97 Å². The molecule has 0 unspecified atom stereocenters. The number of fused-ring (bicyclic) bond motifs is 2. The third kappa shape index (κ3) is 3.65. The van der Waals surface area contributed by atoms with Crippen molar-refractivity contribution in [3.8, 4) is 22.5 Å². The minimum Gasteiger partial charge on any atom is -0.338 e. The minimum absolute atomic E-state index is 0.692. The highest BCUT2D eigenvalue weighted by Crippen LogP contribution is 2.30. The van der Waals surface area contributed by atoms with Crippen LogP contribution in [-0.2, 0) is 6.54 Å². The summed E-state index contributed by atoms with van der Waals surface area (Å²) in [6.07, 6.45) is 13.0. The Hall–Kier alpha value is -3.58. The van der Waals surface area contributed by atoms with Crippen LogP contribution in [0.4, 0.5) is 0 Å². The number of aromatic amines is 2. The van der Waals surface area contributed by atoms with Crippen molar-refractivity contribution in [2.45, 2.75) is 32.2 Å². The Morgan fingerprint density at radius 1 is 1.00 bits per heavy atom. The molecule has 32 heavy (non-hydrogen) atoms. The summed E-state index contributed by atoms with van der Waals surface area (Å²) in [4.78, 5) is 16.8. The fourth-order valence-corrected chi connectivity index (χ4v) is 4.73. The molecule has 0 radical (unpaired) electrons. The van der Waals surface area contributed by atoms with Crippen LogP contribution in [0, 0.1) is 5.92 Å². The highest BCUT2D eigenvalue weighted by molar-refractivity contribution is 5.95. The van der Waals surface area contributed by atoms with Crippen molar-refractivity contribution in [3.05, 3.63) is 60.7 Å². The minimum atomic E-state index is 0.692. The van der Waals surface area contributed by atoms with Crippen molar-refractivity contribution in [1.29, 1.82) is 0 Å². The Morgan fingerprint density at radius 2 is 1.91 bits per heavy atom. The van der Waals surface area contributed by atoms with Crippen LogP contribution in [0.5, 0.6) is 0 Å². The predicted molar refractivity (Wildman–Crippen MR) is 126 cm³/mol. The normalized spacial score (nSPS) is 14.6. The second-order valence-electron chi connectivity index (χ2n) is 8.68. The first kappa shape index (κ1) is 19.1. The average Bonchev–Trinajstić information content (AvgIpc) is 3.58. The molecule has 1 aliphatic rings. The molecule has 0 aromatic carbocycles. The maximum absolute atomic E-state index is 4.59. The van der Waals surface area contributed by atoms with E-state index in [0.29, 0.717) is 5.65 Å². The van der Waals surface area contributed by atoms with E-state index in [9.17, 15) is 0 Å². The van der Waals surface area contributed by atoms with Gasteiger partial charge in [0.1, 0.15) is 5.65 Å². The van der Waals surface area contributed by atoms with Crippen molar-refractivity contribution >= 4 is 22.1 Å². The predicted octanol–water partition coefficient (Wildman–Crippen LogP) is 4.84. The lowest BCUT2D eigenvalue weighted by Crippen LogP contribution is -2.20. The average molecular weight is 424 g/mol. The fourth-order valence-electron chi connectivity index (χ4n) is 4.73. The van der Waals surface area contributed by atoms with E-state index in [2.05, 4.69) is 53.6 Å². The molecule has 7 heteroatoms. The lowest BCUT2D eigenvalue weighted by atomic mass is 10.1. The van der Waals surface area contributed by atoms with E-state index in [0.717, 1.165) is 57.9 Å². The summed E-state index contributed by atoms with van der Waals surface area (Å²) in [5.41, 5.74) is 6.69. The smallest absolute Gasteiger partial charge is 0.181 e. The van der Waals surface area contributed by atoms with Crippen molar-refractivity contribution in [2.75, 3.05) is 6.54 Å². The largest absolute Gasteiger partial charge is 0.338 e. The van der Waals surface area contributed by atoms with E-state index >= 15 is 0 Å². The molecule has 0 bridgehead atoms. The summed E-state index contributed by atoms with van der Waals surface area (Å²) in [6.45, 7) is 1.93. The molecule has 0 aliphatic heterocycles. The van der Waals surface area contributed by atoms with Crippen LogP contribution in [-0.4, -0.2) is 36.7 Å². The Labute approximate surface area is 185 Å². The second-order valence-corrected chi connectivity index (χ2v) is 8.68. The summed E-state index contributed by atoms with van der Waals surface area (Å²) in [6, 6.07) is 10.4. The first-order valence-corrected chi connectivity index (χ1v) is 11.3. The molecule has 0 saturated heterocycles. The van der Waals surface area contributed by atoms with Gasteiger partial charge in [0, 0.05) is 53.2 Å². The van der Waals surface area contributed by atoms with Gasteiger partial charge in [-0.2, -0.15) is 5.10 Å². The van der Waals surface area contributed by atoms with Gasteiger partial charge < -0.3 is 10.3 Å². The summed E-state index contributed by atoms with van der Waals surface area (Å²) in [7, 11) is 0. The van der Waals surface area contributed by atoms with Crippen LogP contribution in [0.15, 0.2) is 55.1 Å². The maximum Gasteiger partial charge on any atom is 0.181 e. The Kier molecular flexibility index (Phi) is 4.88. The monoisotopic (exact) mass is 423 g/mol. The number of H-pyrrole nitrogens is 2. The van der Waals surface area contributed by atoms with Crippen molar-refractivity contribution in [3.63, 3.8) is 0 Å². The number of nitrogens with one attached hydrogen (secondary N) is 3. The van der Waals surface area contributed by atoms with Gasteiger partial charge in [-0.15, -0.1) is 0 Å².